The largest absolute Gasteiger partial charge is 0.378 e. The maximum absolute atomic E-state index is 12.3. The molecule has 28 heavy (non-hydrogen) atoms. The number of ether oxygens (including phenoxy) is 1. The number of hydrogen-bond donors (Lipinski definition) is 1. The molecule has 0 radical (unpaired) electrons. The number of benzene rings is 2. The number of aromatic nitrogens is 1. The summed E-state index contributed by atoms with van der Waals surface area (Å²) in [6.45, 7) is 2.23. The lowest BCUT2D eigenvalue weighted by Crippen LogP contribution is -2.45. The van der Waals surface area contributed by atoms with Gasteiger partial charge in [-0.2, -0.15) is 0 Å². The average molecular weight is 375 g/mol. The number of para-hydroxylation sites is 1. The first kappa shape index (κ1) is 18.1. The minimum absolute atomic E-state index is 0.00478. The van der Waals surface area contributed by atoms with Gasteiger partial charge in [-0.3, -0.25) is 14.6 Å². The van der Waals surface area contributed by atoms with E-state index in [1.54, 1.807) is 17.0 Å². The van der Waals surface area contributed by atoms with Crippen LogP contribution >= 0.6 is 0 Å². The van der Waals surface area contributed by atoms with Gasteiger partial charge in [0.25, 0.3) is 5.91 Å². The van der Waals surface area contributed by atoms with Crippen LogP contribution in [0.3, 0.4) is 0 Å². The van der Waals surface area contributed by atoms with Crippen LogP contribution in [0.25, 0.3) is 22.0 Å². The third-order valence-corrected chi connectivity index (χ3v) is 4.83. The molecule has 4 rings (SSSR count). The highest BCUT2D eigenvalue weighted by molar-refractivity contribution is 5.97. The summed E-state index contributed by atoms with van der Waals surface area (Å²) in [4.78, 5) is 30.7. The van der Waals surface area contributed by atoms with Gasteiger partial charge in [0.15, 0.2) is 0 Å². The Bertz CT molecular complexity index is 995. The maximum atomic E-state index is 12.3. The zero-order chi connectivity index (χ0) is 19.3. The molecule has 0 unspecified atom stereocenters. The van der Waals surface area contributed by atoms with Gasteiger partial charge < -0.3 is 15.0 Å². The highest BCUT2D eigenvalue weighted by Crippen LogP contribution is 2.23. The van der Waals surface area contributed by atoms with Crippen LogP contribution in [-0.2, 0) is 9.53 Å². The number of carbonyl (C=O) groups is 2. The van der Waals surface area contributed by atoms with E-state index < -0.39 is 0 Å². The van der Waals surface area contributed by atoms with E-state index in [9.17, 15) is 9.59 Å². The van der Waals surface area contributed by atoms with E-state index in [1.165, 1.54) is 0 Å². The summed E-state index contributed by atoms with van der Waals surface area (Å²) in [5.41, 5.74) is 3.45. The Morgan fingerprint density at radius 2 is 1.75 bits per heavy atom. The van der Waals surface area contributed by atoms with Crippen molar-refractivity contribution in [3.63, 3.8) is 0 Å². The summed E-state index contributed by atoms with van der Waals surface area (Å²) >= 11 is 0. The maximum Gasteiger partial charge on any atom is 0.251 e. The van der Waals surface area contributed by atoms with Crippen LogP contribution in [0.4, 0.5) is 0 Å². The van der Waals surface area contributed by atoms with Crippen LogP contribution in [0.15, 0.2) is 60.8 Å². The number of fused-ring (bicyclic) bond motifs is 1. The molecule has 0 atom stereocenters. The molecular formula is C22H21N3O3. The SMILES string of the molecule is O=C(NCC(=O)N1CCOCC1)c1ccc(-c2cnc3ccccc3c2)cc1. The minimum atomic E-state index is -0.259. The Hall–Kier alpha value is -3.25. The number of morpholine rings is 1. The third-order valence-electron chi connectivity index (χ3n) is 4.83. The van der Waals surface area contributed by atoms with Crippen LogP contribution < -0.4 is 5.32 Å². The van der Waals surface area contributed by atoms with Crippen LogP contribution in [0.1, 0.15) is 10.4 Å². The molecule has 0 bridgehead atoms. The molecule has 6 nitrogen and oxygen atoms in total. The van der Waals surface area contributed by atoms with Crippen molar-refractivity contribution in [1.82, 2.24) is 15.2 Å². The normalized spacial score (nSPS) is 14.1. The lowest BCUT2D eigenvalue weighted by Gasteiger charge is -2.26. The Morgan fingerprint density at radius 3 is 2.54 bits per heavy atom. The molecule has 1 aromatic heterocycles. The number of nitrogens with one attached hydrogen (secondary N) is 1. The second-order valence-electron chi connectivity index (χ2n) is 6.67. The van der Waals surface area contributed by atoms with E-state index in [2.05, 4.69) is 16.4 Å². The van der Waals surface area contributed by atoms with Gasteiger partial charge in [0, 0.05) is 35.8 Å². The molecule has 1 fully saturated rings. The Balaban J connectivity index is 1.40. The number of rotatable bonds is 4. The fraction of sp³-hybridized carbons (Fsp3) is 0.227. The summed E-state index contributed by atoms with van der Waals surface area (Å²) in [5.74, 6) is -0.347. The fourth-order valence-corrected chi connectivity index (χ4v) is 3.23. The molecule has 2 amide bonds. The molecule has 142 valence electrons. The second-order valence-corrected chi connectivity index (χ2v) is 6.67. The fourth-order valence-electron chi connectivity index (χ4n) is 3.23. The van der Waals surface area contributed by atoms with Crippen molar-refractivity contribution in [3.05, 3.63) is 66.4 Å². The van der Waals surface area contributed by atoms with Crippen molar-refractivity contribution >= 4 is 22.7 Å². The minimum Gasteiger partial charge on any atom is -0.378 e. The number of nitrogens with zero attached hydrogens (tertiary/aromatic N) is 2. The summed E-state index contributed by atoms with van der Waals surface area (Å²) in [6, 6.07) is 17.3. The molecular weight excluding hydrogens is 354 g/mol. The average Bonchev–Trinajstić information content (AvgIpc) is 2.77. The predicted octanol–water partition coefficient (Wildman–Crippen LogP) is 2.49. The zero-order valence-corrected chi connectivity index (χ0v) is 15.4. The standard InChI is InChI=1S/C22H21N3O3/c26-21(25-9-11-28-12-10-25)15-24-22(27)17-7-5-16(6-8-17)19-13-18-3-1-2-4-20(18)23-14-19/h1-8,13-14H,9-12,15H2,(H,24,27). The van der Waals surface area contributed by atoms with Crippen molar-refractivity contribution in [3.8, 4) is 11.1 Å². The molecule has 1 saturated heterocycles. The van der Waals surface area contributed by atoms with E-state index in [0.29, 0.717) is 31.9 Å². The second kappa shape index (κ2) is 8.19. The number of carbonyl (C=O) groups excluding carboxylic acids is 2. The monoisotopic (exact) mass is 375 g/mol. The molecule has 0 saturated carbocycles. The van der Waals surface area contributed by atoms with Gasteiger partial charge in [0.05, 0.1) is 25.3 Å². The summed E-state index contributed by atoms with van der Waals surface area (Å²) in [7, 11) is 0. The van der Waals surface area contributed by atoms with Crippen molar-refractivity contribution < 1.29 is 14.3 Å². The molecule has 1 aliphatic heterocycles. The van der Waals surface area contributed by atoms with E-state index in [1.807, 2.05) is 42.6 Å². The first-order valence-corrected chi connectivity index (χ1v) is 9.30. The van der Waals surface area contributed by atoms with Crippen molar-refractivity contribution in [2.24, 2.45) is 0 Å². The van der Waals surface area contributed by atoms with E-state index in [4.69, 9.17) is 4.74 Å². The van der Waals surface area contributed by atoms with Crippen LogP contribution in [0.5, 0.6) is 0 Å². The van der Waals surface area contributed by atoms with E-state index in [-0.39, 0.29) is 18.4 Å². The van der Waals surface area contributed by atoms with Gasteiger partial charge in [-0.1, -0.05) is 30.3 Å². The molecule has 3 aromatic rings. The van der Waals surface area contributed by atoms with Crippen LogP contribution in [0, 0.1) is 0 Å². The van der Waals surface area contributed by atoms with Crippen molar-refractivity contribution in [1.29, 1.82) is 0 Å². The van der Waals surface area contributed by atoms with Gasteiger partial charge in [0.1, 0.15) is 0 Å². The number of pyridine rings is 1. The summed E-state index contributed by atoms with van der Waals surface area (Å²) in [5, 5.41) is 3.77. The molecule has 2 heterocycles. The van der Waals surface area contributed by atoms with Crippen molar-refractivity contribution in [2.75, 3.05) is 32.8 Å². The Kier molecular flexibility index (Phi) is 5.30. The molecule has 1 N–H and O–H groups in total. The van der Waals surface area contributed by atoms with Gasteiger partial charge in [0.2, 0.25) is 5.91 Å². The smallest absolute Gasteiger partial charge is 0.251 e. The lowest BCUT2D eigenvalue weighted by molar-refractivity contribution is -0.134. The summed E-state index contributed by atoms with van der Waals surface area (Å²) < 4.78 is 5.23. The molecule has 2 aromatic carbocycles. The van der Waals surface area contributed by atoms with E-state index in [0.717, 1.165) is 22.0 Å². The van der Waals surface area contributed by atoms with E-state index >= 15 is 0 Å². The predicted molar refractivity (Wildman–Crippen MR) is 107 cm³/mol. The van der Waals surface area contributed by atoms with Gasteiger partial charge in [-0.25, -0.2) is 0 Å². The summed E-state index contributed by atoms with van der Waals surface area (Å²) in [6.07, 6.45) is 1.83. The molecule has 6 heteroatoms. The quantitative estimate of drug-likeness (QED) is 0.761. The topological polar surface area (TPSA) is 71.5 Å². The first-order valence-electron chi connectivity index (χ1n) is 9.30. The third kappa shape index (κ3) is 4.02. The Morgan fingerprint density at radius 1 is 1.00 bits per heavy atom. The van der Waals surface area contributed by atoms with Crippen LogP contribution in [-0.4, -0.2) is 54.5 Å². The number of amides is 2. The lowest BCUT2D eigenvalue weighted by atomic mass is 10.0. The Labute approximate surface area is 163 Å². The highest BCUT2D eigenvalue weighted by atomic mass is 16.5. The van der Waals surface area contributed by atoms with Gasteiger partial charge >= 0.3 is 0 Å². The number of hydrogen-bond acceptors (Lipinski definition) is 4. The highest BCUT2D eigenvalue weighted by Gasteiger charge is 2.17. The molecule has 0 spiro atoms. The van der Waals surface area contributed by atoms with Gasteiger partial charge in [-0.05, 0) is 29.8 Å². The molecule has 1 aliphatic rings. The van der Waals surface area contributed by atoms with Crippen molar-refractivity contribution in [2.45, 2.75) is 0 Å². The zero-order valence-electron chi connectivity index (χ0n) is 15.4. The first-order chi connectivity index (χ1) is 13.7. The van der Waals surface area contributed by atoms with Gasteiger partial charge in [-0.15, -0.1) is 0 Å². The molecule has 0 aliphatic carbocycles. The van der Waals surface area contributed by atoms with Crippen LogP contribution in [0.2, 0.25) is 0 Å².